The maximum atomic E-state index is 10.4. The van der Waals surface area contributed by atoms with Gasteiger partial charge in [0.15, 0.2) is 0 Å². The number of halogens is 1. The fourth-order valence-electron chi connectivity index (χ4n) is 0.973. The van der Waals surface area contributed by atoms with Gasteiger partial charge in [-0.25, -0.2) is 4.98 Å². The van der Waals surface area contributed by atoms with Gasteiger partial charge in [0.1, 0.15) is 5.15 Å². The average molecular weight is 201 g/mol. The third-order valence-corrected chi connectivity index (χ3v) is 1.90. The number of hydrogen-bond acceptors (Lipinski definition) is 3. The summed E-state index contributed by atoms with van der Waals surface area (Å²) in [6.45, 7) is 0. The first-order chi connectivity index (χ1) is 6.11. The summed E-state index contributed by atoms with van der Waals surface area (Å²) >= 11 is 5.72. The van der Waals surface area contributed by atoms with Gasteiger partial charge in [-0.1, -0.05) is 17.7 Å². The monoisotopic (exact) mass is 200 g/mol. The fraction of sp³-hybridized carbons (Fsp3) is 0.250. The van der Waals surface area contributed by atoms with Crippen molar-refractivity contribution in [3.8, 4) is 0 Å². The van der Waals surface area contributed by atoms with Crippen LogP contribution in [0, 0.1) is 0 Å². The molecule has 0 saturated heterocycles. The molecule has 1 rings (SSSR count). The Morgan fingerprint density at radius 1 is 1.77 bits per heavy atom. The van der Waals surface area contributed by atoms with Crippen molar-refractivity contribution in [3.05, 3.63) is 29.0 Å². The van der Waals surface area contributed by atoms with Gasteiger partial charge in [-0.05, 0) is 6.07 Å². The Hall–Kier alpha value is -1.13. The lowest BCUT2D eigenvalue weighted by Gasteiger charge is -2.09. The molecule has 0 amide bonds. The normalized spacial score (nSPS) is 12.5. The van der Waals surface area contributed by atoms with E-state index < -0.39 is 12.0 Å². The van der Waals surface area contributed by atoms with E-state index in [0.717, 1.165) is 0 Å². The summed E-state index contributed by atoms with van der Waals surface area (Å²) < 4.78 is 0. The number of nitrogens with two attached hydrogens (primary N) is 1. The molecule has 0 spiro atoms. The molecule has 0 aliphatic heterocycles. The van der Waals surface area contributed by atoms with Crippen LogP contribution in [0.2, 0.25) is 5.15 Å². The third kappa shape index (κ3) is 2.68. The molecule has 0 fully saturated rings. The second kappa shape index (κ2) is 4.20. The number of aromatic nitrogens is 1. The summed E-state index contributed by atoms with van der Waals surface area (Å²) in [4.78, 5) is 14.2. The second-order valence-corrected chi connectivity index (χ2v) is 2.95. The van der Waals surface area contributed by atoms with Gasteiger partial charge in [0.25, 0.3) is 0 Å². The predicted octanol–water partition coefficient (Wildman–Crippen LogP) is 1.21. The first-order valence-corrected chi connectivity index (χ1v) is 4.07. The highest BCUT2D eigenvalue weighted by Crippen LogP contribution is 2.20. The maximum Gasteiger partial charge on any atom is 0.305 e. The van der Waals surface area contributed by atoms with Gasteiger partial charge in [0.2, 0.25) is 0 Å². The zero-order valence-electron chi connectivity index (χ0n) is 6.77. The van der Waals surface area contributed by atoms with Crippen molar-refractivity contribution in [2.45, 2.75) is 12.5 Å². The van der Waals surface area contributed by atoms with E-state index in [1.54, 1.807) is 12.1 Å². The van der Waals surface area contributed by atoms with Gasteiger partial charge in [0.05, 0.1) is 6.42 Å². The van der Waals surface area contributed by atoms with E-state index in [2.05, 4.69) is 4.98 Å². The van der Waals surface area contributed by atoms with Crippen LogP contribution in [0.5, 0.6) is 0 Å². The van der Waals surface area contributed by atoms with Crippen molar-refractivity contribution in [1.82, 2.24) is 4.98 Å². The van der Waals surface area contributed by atoms with Crippen molar-refractivity contribution in [3.63, 3.8) is 0 Å². The predicted molar refractivity (Wildman–Crippen MR) is 48.4 cm³/mol. The van der Waals surface area contributed by atoms with E-state index in [4.69, 9.17) is 22.4 Å². The van der Waals surface area contributed by atoms with Crippen molar-refractivity contribution >= 4 is 17.6 Å². The first-order valence-electron chi connectivity index (χ1n) is 3.69. The Labute approximate surface area is 80.3 Å². The minimum absolute atomic E-state index is 0.147. The molecule has 70 valence electrons. The number of aliphatic carboxylic acids is 1. The van der Waals surface area contributed by atoms with Crippen LogP contribution in [0.1, 0.15) is 18.0 Å². The Bertz CT molecular complexity index is 317. The molecule has 13 heavy (non-hydrogen) atoms. The smallest absolute Gasteiger partial charge is 0.305 e. The van der Waals surface area contributed by atoms with Crippen LogP contribution >= 0.6 is 11.6 Å². The highest BCUT2D eigenvalue weighted by atomic mass is 35.5. The second-order valence-electron chi connectivity index (χ2n) is 2.59. The molecule has 0 aromatic carbocycles. The maximum absolute atomic E-state index is 10.4. The summed E-state index contributed by atoms with van der Waals surface area (Å²) in [6.07, 6.45) is 1.38. The number of nitrogens with zero attached hydrogens (tertiary/aromatic N) is 1. The van der Waals surface area contributed by atoms with Crippen molar-refractivity contribution in [1.29, 1.82) is 0 Å². The molecule has 0 aliphatic carbocycles. The molecule has 1 aromatic heterocycles. The Morgan fingerprint density at radius 2 is 2.46 bits per heavy atom. The average Bonchev–Trinajstić information content (AvgIpc) is 2.03. The molecule has 1 atom stereocenters. The zero-order valence-corrected chi connectivity index (χ0v) is 7.53. The molecule has 4 nitrogen and oxygen atoms in total. The van der Waals surface area contributed by atoms with E-state index in [9.17, 15) is 4.79 Å². The van der Waals surface area contributed by atoms with Crippen molar-refractivity contribution in [2.24, 2.45) is 5.73 Å². The van der Waals surface area contributed by atoms with Crippen LogP contribution in [0.15, 0.2) is 18.3 Å². The molecule has 0 radical (unpaired) electrons. The summed E-state index contributed by atoms with van der Waals surface area (Å²) in [5.41, 5.74) is 6.15. The molecule has 5 heteroatoms. The van der Waals surface area contributed by atoms with Crippen molar-refractivity contribution in [2.75, 3.05) is 0 Å². The lowest BCUT2D eigenvalue weighted by molar-refractivity contribution is -0.137. The third-order valence-electron chi connectivity index (χ3n) is 1.58. The van der Waals surface area contributed by atoms with Crippen LogP contribution in [0.25, 0.3) is 0 Å². The highest BCUT2D eigenvalue weighted by Gasteiger charge is 2.13. The van der Waals surface area contributed by atoms with Crippen LogP contribution in [0.3, 0.4) is 0 Å². The Kier molecular flexibility index (Phi) is 3.22. The van der Waals surface area contributed by atoms with Gasteiger partial charge in [-0.2, -0.15) is 0 Å². The summed E-state index contributed by atoms with van der Waals surface area (Å²) in [5, 5.41) is 8.75. The lowest BCUT2D eigenvalue weighted by atomic mass is 10.1. The molecule has 1 heterocycles. The van der Waals surface area contributed by atoms with Crippen molar-refractivity contribution < 1.29 is 9.90 Å². The SMILES string of the molecule is NC(CC(=O)O)c1cccnc1Cl. The first kappa shape index (κ1) is 9.95. The molecule has 1 aromatic rings. The number of hydrogen-bond donors (Lipinski definition) is 2. The standard InChI is InChI=1S/C8H9ClN2O2/c9-8-5(2-1-3-11-8)6(10)4-7(12)13/h1-3,6H,4,10H2,(H,12,13). The molecule has 0 bridgehead atoms. The minimum atomic E-state index is -0.951. The van der Waals surface area contributed by atoms with Crippen LogP contribution in [-0.2, 0) is 4.79 Å². The number of carboxylic acids is 1. The quantitative estimate of drug-likeness (QED) is 0.720. The molecule has 0 aliphatic rings. The topological polar surface area (TPSA) is 76.2 Å². The van der Waals surface area contributed by atoms with Crippen LogP contribution in [0.4, 0.5) is 0 Å². The number of carbonyl (C=O) groups is 1. The van der Waals surface area contributed by atoms with Gasteiger partial charge in [-0.3, -0.25) is 4.79 Å². The van der Waals surface area contributed by atoms with Crippen LogP contribution < -0.4 is 5.73 Å². The molecule has 3 N–H and O–H groups in total. The van der Waals surface area contributed by atoms with Gasteiger partial charge < -0.3 is 10.8 Å². The number of pyridine rings is 1. The van der Waals surface area contributed by atoms with E-state index in [0.29, 0.717) is 5.56 Å². The largest absolute Gasteiger partial charge is 0.481 e. The van der Waals surface area contributed by atoms with E-state index in [-0.39, 0.29) is 11.6 Å². The highest BCUT2D eigenvalue weighted by molar-refractivity contribution is 6.30. The van der Waals surface area contributed by atoms with E-state index >= 15 is 0 Å². The van der Waals surface area contributed by atoms with Gasteiger partial charge in [-0.15, -0.1) is 0 Å². The van der Waals surface area contributed by atoms with Gasteiger partial charge in [0, 0.05) is 17.8 Å². The summed E-state index contributed by atoms with van der Waals surface area (Å²) in [5.74, 6) is -0.951. The minimum Gasteiger partial charge on any atom is -0.481 e. The Balaban J connectivity index is 2.82. The number of rotatable bonds is 3. The fourth-order valence-corrected chi connectivity index (χ4v) is 1.23. The molecular formula is C8H9ClN2O2. The Morgan fingerprint density at radius 3 is 3.00 bits per heavy atom. The van der Waals surface area contributed by atoms with E-state index in [1.807, 2.05) is 0 Å². The lowest BCUT2D eigenvalue weighted by Crippen LogP contribution is -2.15. The molecular weight excluding hydrogens is 192 g/mol. The van der Waals surface area contributed by atoms with Gasteiger partial charge >= 0.3 is 5.97 Å². The van der Waals surface area contributed by atoms with Crippen LogP contribution in [-0.4, -0.2) is 16.1 Å². The molecule has 0 saturated carbocycles. The number of carboxylic acid groups (broad SMARTS) is 1. The summed E-state index contributed by atoms with van der Waals surface area (Å²) in [6, 6.07) is 2.74. The van der Waals surface area contributed by atoms with E-state index in [1.165, 1.54) is 6.20 Å². The molecule has 1 unspecified atom stereocenters. The summed E-state index contributed by atoms with van der Waals surface area (Å²) in [7, 11) is 0. The zero-order chi connectivity index (χ0) is 9.84.